The van der Waals surface area contributed by atoms with Gasteiger partial charge in [-0.3, -0.25) is 0 Å². The molecule has 0 spiro atoms. The van der Waals surface area contributed by atoms with Gasteiger partial charge in [-0.05, 0) is 117 Å². The van der Waals surface area contributed by atoms with E-state index in [2.05, 4.69) is 242 Å². The molecule has 0 saturated heterocycles. The third-order valence-corrected chi connectivity index (χ3v) is 17.0. The normalized spacial score (nSPS) is 12.8. The Balaban J connectivity index is 0.971. The van der Waals surface area contributed by atoms with E-state index in [4.69, 9.17) is 0 Å². The molecule has 0 atom stereocenters. The van der Waals surface area contributed by atoms with Crippen molar-refractivity contribution < 1.29 is 0 Å². The van der Waals surface area contributed by atoms with E-state index in [1.54, 1.807) is 0 Å². The summed E-state index contributed by atoms with van der Waals surface area (Å²) in [7, 11) is -2.00. The van der Waals surface area contributed by atoms with Crippen LogP contribution >= 0.6 is 0 Å². The molecule has 62 heavy (non-hydrogen) atoms. The molecule has 0 unspecified atom stereocenters. The third-order valence-electron chi connectivity index (χ3n) is 13.5. The van der Waals surface area contributed by atoms with Crippen LogP contribution in [0.15, 0.2) is 225 Å². The molecule has 292 valence electrons. The van der Waals surface area contributed by atoms with Crippen molar-refractivity contribution in [2.45, 2.75) is 13.1 Å². The lowest BCUT2D eigenvalue weighted by Crippen LogP contribution is -2.49. The second kappa shape index (κ2) is 14.3. The Labute approximate surface area is 363 Å². The first-order valence-corrected chi connectivity index (χ1v) is 24.7. The fraction of sp³-hybridized carbons (Fsp3) is 0.0333. The first kappa shape index (κ1) is 36.3. The average Bonchev–Trinajstić information content (AvgIpc) is 3.82. The maximum atomic E-state index is 2.52. The van der Waals surface area contributed by atoms with Crippen molar-refractivity contribution in [2.75, 3.05) is 0 Å². The number of hydrogen-bond donors (Lipinski definition) is 0. The summed E-state index contributed by atoms with van der Waals surface area (Å²) in [5, 5.41) is 9.34. The van der Waals surface area contributed by atoms with E-state index in [0.29, 0.717) is 0 Å². The number of rotatable bonds is 6. The van der Waals surface area contributed by atoms with Gasteiger partial charge in [0.15, 0.2) is 0 Å². The van der Waals surface area contributed by atoms with Gasteiger partial charge < -0.3 is 4.57 Å². The quantitative estimate of drug-likeness (QED) is 0.148. The lowest BCUT2D eigenvalue weighted by molar-refractivity contribution is 1.13. The molecule has 10 aromatic carbocycles. The van der Waals surface area contributed by atoms with Crippen molar-refractivity contribution in [1.82, 2.24) is 4.57 Å². The number of benzene rings is 10. The lowest BCUT2D eigenvalue weighted by Gasteiger charge is -2.20. The van der Waals surface area contributed by atoms with Gasteiger partial charge in [0, 0.05) is 22.8 Å². The Morgan fingerprint density at radius 2 is 0.774 bits per heavy atom. The van der Waals surface area contributed by atoms with Crippen LogP contribution in [0.25, 0.3) is 105 Å². The largest absolute Gasteiger partial charge is 0.316 e. The van der Waals surface area contributed by atoms with Crippen molar-refractivity contribution >= 4 is 50.9 Å². The zero-order valence-corrected chi connectivity index (χ0v) is 35.8. The van der Waals surface area contributed by atoms with E-state index >= 15 is 0 Å². The minimum absolute atomic E-state index is 1.20. The maximum Gasteiger partial charge on any atom is 0.113 e. The molecule has 0 N–H and O–H groups in total. The fourth-order valence-electron chi connectivity index (χ4n) is 10.2. The van der Waals surface area contributed by atoms with Crippen LogP contribution in [0.4, 0.5) is 0 Å². The van der Waals surface area contributed by atoms with Crippen LogP contribution in [-0.4, -0.2) is 12.6 Å². The van der Waals surface area contributed by atoms with Crippen LogP contribution in [0.1, 0.15) is 0 Å². The molecular formula is C60H43NSi. The summed E-state index contributed by atoms with van der Waals surface area (Å²) < 4.78 is 2.43. The summed E-state index contributed by atoms with van der Waals surface area (Å²) in [6.07, 6.45) is 2.37. The molecule has 0 fully saturated rings. The highest BCUT2D eigenvalue weighted by molar-refractivity contribution is 7.03. The monoisotopic (exact) mass is 805 g/mol. The van der Waals surface area contributed by atoms with Gasteiger partial charge in [0.2, 0.25) is 0 Å². The van der Waals surface area contributed by atoms with Gasteiger partial charge >= 0.3 is 0 Å². The second-order valence-electron chi connectivity index (χ2n) is 17.3. The molecular weight excluding hydrogens is 763 g/mol. The SMILES string of the molecule is C[Si]1(C)c2cc(-c3ccccc3)ccc2-c2ccc(-n3cc(-c4ccc(-c5cccc6ccccc56)cc4)c4cc(-c5ccc(-c6cccc7ccccc67)cc5)ccc43)cc21. The second-order valence-corrected chi connectivity index (χ2v) is 21.7. The van der Waals surface area contributed by atoms with Crippen LogP contribution < -0.4 is 10.4 Å². The van der Waals surface area contributed by atoms with E-state index in [1.807, 2.05) is 0 Å². The summed E-state index contributed by atoms with van der Waals surface area (Å²) >= 11 is 0. The third kappa shape index (κ3) is 5.90. The van der Waals surface area contributed by atoms with E-state index in [1.165, 1.54) is 115 Å². The van der Waals surface area contributed by atoms with Crippen LogP contribution in [0, 0.1) is 0 Å². The van der Waals surface area contributed by atoms with Crippen molar-refractivity contribution in [3.63, 3.8) is 0 Å². The molecule has 2 heterocycles. The molecule has 2 heteroatoms. The van der Waals surface area contributed by atoms with E-state index in [-0.39, 0.29) is 0 Å². The molecule has 1 aliphatic rings. The molecule has 0 bridgehead atoms. The molecule has 1 aromatic heterocycles. The first-order valence-electron chi connectivity index (χ1n) is 21.7. The fourth-order valence-corrected chi connectivity index (χ4v) is 13.3. The topological polar surface area (TPSA) is 4.93 Å². The molecule has 11 aromatic rings. The Kier molecular flexibility index (Phi) is 8.38. The highest BCUT2D eigenvalue weighted by Gasteiger charge is 2.38. The summed E-state index contributed by atoms with van der Waals surface area (Å²) in [5.41, 5.74) is 17.6. The van der Waals surface area contributed by atoms with Crippen LogP contribution in [0.3, 0.4) is 0 Å². The van der Waals surface area contributed by atoms with Gasteiger partial charge in [0.1, 0.15) is 8.07 Å². The summed E-state index contributed by atoms with van der Waals surface area (Å²) in [6.45, 7) is 5.04. The van der Waals surface area contributed by atoms with Gasteiger partial charge in [-0.15, -0.1) is 0 Å². The molecule has 12 rings (SSSR count). The predicted molar refractivity (Wildman–Crippen MR) is 268 cm³/mol. The minimum atomic E-state index is -2.00. The van der Waals surface area contributed by atoms with Crippen LogP contribution in [0.5, 0.6) is 0 Å². The first-order chi connectivity index (χ1) is 30.5. The zero-order valence-electron chi connectivity index (χ0n) is 34.8. The summed E-state index contributed by atoms with van der Waals surface area (Å²) in [4.78, 5) is 0. The average molecular weight is 806 g/mol. The van der Waals surface area contributed by atoms with E-state index in [9.17, 15) is 0 Å². The van der Waals surface area contributed by atoms with Gasteiger partial charge in [0.25, 0.3) is 0 Å². The predicted octanol–water partition coefficient (Wildman–Crippen LogP) is 15.1. The van der Waals surface area contributed by atoms with Crippen molar-refractivity contribution in [2.24, 2.45) is 0 Å². The van der Waals surface area contributed by atoms with E-state index in [0.717, 1.165) is 0 Å². The molecule has 1 aliphatic heterocycles. The molecule has 0 saturated carbocycles. The van der Waals surface area contributed by atoms with Crippen LogP contribution in [0.2, 0.25) is 13.1 Å². The van der Waals surface area contributed by atoms with E-state index < -0.39 is 8.07 Å². The molecule has 0 radical (unpaired) electrons. The summed E-state index contributed by atoms with van der Waals surface area (Å²) in [6, 6.07) is 80.9. The van der Waals surface area contributed by atoms with Crippen LogP contribution in [-0.2, 0) is 0 Å². The van der Waals surface area contributed by atoms with Gasteiger partial charge in [0.05, 0.1) is 5.52 Å². The number of aromatic nitrogens is 1. The minimum Gasteiger partial charge on any atom is -0.316 e. The zero-order chi connectivity index (χ0) is 41.4. The number of nitrogens with zero attached hydrogens (tertiary/aromatic N) is 1. The van der Waals surface area contributed by atoms with Gasteiger partial charge in [-0.2, -0.15) is 0 Å². The standard InChI is InChI=1S/C60H43NSi/c1-62(2)59-37-48(40-12-4-3-5-13-40)30-33-54(59)55-34-32-49(38-60(55)62)61-39-57(46-28-26-45(27-29-46)53-21-11-17-43-15-7-9-19-51(43)53)56-36-47(31-35-58(56)61)41-22-24-44(25-23-41)52-20-10-16-42-14-6-8-18-50(42)52/h3-39H,1-2H3. The highest BCUT2D eigenvalue weighted by Crippen LogP contribution is 2.39. The van der Waals surface area contributed by atoms with Crippen molar-refractivity contribution in [3.8, 4) is 72.4 Å². The van der Waals surface area contributed by atoms with Gasteiger partial charge in [-0.25, -0.2) is 0 Å². The number of fused-ring (bicyclic) bond motifs is 6. The smallest absolute Gasteiger partial charge is 0.113 e. The lowest BCUT2D eigenvalue weighted by atomic mass is 9.94. The maximum absolute atomic E-state index is 2.52. The summed E-state index contributed by atoms with van der Waals surface area (Å²) in [5.74, 6) is 0. The Hall–Kier alpha value is -7.52. The van der Waals surface area contributed by atoms with Gasteiger partial charge in [-0.1, -0.05) is 207 Å². The molecule has 0 aliphatic carbocycles. The Morgan fingerprint density at radius 3 is 1.42 bits per heavy atom. The highest BCUT2D eigenvalue weighted by atomic mass is 28.3. The number of hydrogen-bond acceptors (Lipinski definition) is 0. The van der Waals surface area contributed by atoms with Crippen molar-refractivity contribution in [1.29, 1.82) is 0 Å². The van der Waals surface area contributed by atoms with Crippen molar-refractivity contribution in [3.05, 3.63) is 225 Å². The molecule has 1 nitrogen and oxygen atoms in total. The molecule has 0 amide bonds. The Bertz CT molecular complexity index is 3510. The Morgan fingerprint density at radius 1 is 0.306 bits per heavy atom.